The Morgan fingerprint density at radius 1 is 1.31 bits per heavy atom. The molecule has 0 aliphatic rings. The minimum absolute atomic E-state index is 0.0388. The number of H-pyrrole nitrogens is 1. The average molecular weight is 191 g/mol. The van der Waals surface area contributed by atoms with Gasteiger partial charge in [0.2, 0.25) is 5.56 Å². The second kappa shape index (κ2) is 3.26. The molecule has 66 valence electrons. The second-order valence-corrected chi connectivity index (χ2v) is 3.60. The number of fused-ring (bicyclic) bond motifs is 1. The largest absolute Gasteiger partial charge is 0.322 e. The molecule has 3 heteroatoms. The standard InChI is InChI=1S/C10H9NOS/c1-13-9-6-10(12)11-8-5-3-2-4-7(8)9/h2-6H,1H3,(H,11,12). The van der Waals surface area contributed by atoms with E-state index in [9.17, 15) is 4.79 Å². The van der Waals surface area contributed by atoms with Gasteiger partial charge in [-0.15, -0.1) is 11.8 Å². The molecule has 0 saturated heterocycles. The number of para-hydroxylation sites is 1. The molecule has 0 aliphatic carbocycles. The van der Waals surface area contributed by atoms with Crippen molar-refractivity contribution in [2.45, 2.75) is 4.90 Å². The van der Waals surface area contributed by atoms with E-state index in [1.807, 2.05) is 30.5 Å². The Bertz CT molecular complexity index is 489. The van der Waals surface area contributed by atoms with Crippen molar-refractivity contribution < 1.29 is 0 Å². The number of rotatable bonds is 1. The van der Waals surface area contributed by atoms with Crippen LogP contribution in [-0.2, 0) is 0 Å². The lowest BCUT2D eigenvalue weighted by atomic mass is 10.2. The van der Waals surface area contributed by atoms with Crippen LogP contribution in [0.25, 0.3) is 10.9 Å². The van der Waals surface area contributed by atoms with E-state index in [0.29, 0.717) is 0 Å². The van der Waals surface area contributed by atoms with Crippen LogP contribution in [0.15, 0.2) is 40.0 Å². The summed E-state index contributed by atoms with van der Waals surface area (Å²) in [5.41, 5.74) is 0.863. The molecule has 0 aliphatic heterocycles. The highest BCUT2D eigenvalue weighted by molar-refractivity contribution is 7.98. The molecule has 13 heavy (non-hydrogen) atoms. The normalized spacial score (nSPS) is 10.5. The predicted molar refractivity (Wildman–Crippen MR) is 56.3 cm³/mol. The number of hydrogen-bond donors (Lipinski definition) is 1. The molecule has 2 aromatic rings. The molecule has 0 radical (unpaired) electrons. The zero-order valence-corrected chi connectivity index (χ0v) is 8.02. The number of hydrogen-bond acceptors (Lipinski definition) is 2. The van der Waals surface area contributed by atoms with Crippen molar-refractivity contribution >= 4 is 22.7 Å². The summed E-state index contributed by atoms with van der Waals surface area (Å²) >= 11 is 1.59. The Kier molecular flexibility index (Phi) is 2.10. The van der Waals surface area contributed by atoms with Crippen LogP contribution in [0.2, 0.25) is 0 Å². The number of pyridine rings is 1. The van der Waals surface area contributed by atoms with E-state index in [2.05, 4.69) is 4.98 Å². The van der Waals surface area contributed by atoms with Gasteiger partial charge in [-0.2, -0.15) is 0 Å². The molecule has 1 N–H and O–H groups in total. The van der Waals surface area contributed by atoms with Gasteiger partial charge in [-0.25, -0.2) is 0 Å². The summed E-state index contributed by atoms with van der Waals surface area (Å²) in [4.78, 5) is 15.0. The van der Waals surface area contributed by atoms with Crippen molar-refractivity contribution in [2.75, 3.05) is 6.26 Å². The summed E-state index contributed by atoms with van der Waals surface area (Å²) in [6.45, 7) is 0. The van der Waals surface area contributed by atoms with Gasteiger partial charge in [-0.05, 0) is 12.3 Å². The fourth-order valence-electron chi connectivity index (χ4n) is 1.34. The van der Waals surface area contributed by atoms with Crippen LogP contribution in [0.1, 0.15) is 0 Å². The first kappa shape index (κ1) is 8.38. The molecule has 2 rings (SSSR count). The Labute approximate surface area is 80.0 Å². The number of thioether (sulfide) groups is 1. The van der Waals surface area contributed by atoms with Gasteiger partial charge in [0.25, 0.3) is 0 Å². The summed E-state index contributed by atoms with van der Waals surface area (Å²) in [7, 11) is 0. The Morgan fingerprint density at radius 2 is 2.08 bits per heavy atom. The molecule has 2 nitrogen and oxygen atoms in total. The molecule has 0 unspecified atom stereocenters. The topological polar surface area (TPSA) is 32.9 Å². The van der Waals surface area contributed by atoms with Crippen molar-refractivity contribution in [3.8, 4) is 0 Å². The summed E-state index contributed by atoms with van der Waals surface area (Å²) in [6, 6.07) is 9.45. The summed E-state index contributed by atoms with van der Waals surface area (Å²) in [6.07, 6.45) is 1.97. The van der Waals surface area contributed by atoms with E-state index >= 15 is 0 Å². The molecule has 0 saturated carbocycles. The van der Waals surface area contributed by atoms with Crippen LogP contribution < -0.4 is 5.56 Å². The van der Waals surface area contributed by atoms with Crippen LogP contribution in [0.5, 0.6) is 0 Å². The van der Waals surface area contributed by atoms with Gasteiger partial charge < -0.3 is 4.98 Å². The monoisotopic (exact) mass is 191 g/mol. The first-order chi connectivity index (χ1) is 6.31. The van der Waals surface area contributed by atoms with E-state index in [1.54, 1.807) is 17.8 Å². The first-order valence-electron chi connectivity index (χ1n) is 3.97. The molecule has 1 aromatic heterocycles. The maximum absolute atomic E-state index is 11.2. The first-order valence-corrected chi connectivity index (χ1v) is 5.20. The lowest BCUT2D eigenvalue weighted by Gasteiger charge is -2.01. The van der Waals surface area contributed by atoms with Crippen LogP contribution in [0.4, 0.5) is 0 Å². The molecule has 1 aromatic carbocycles. The zero-order valence-electron chi connectivity index (χ0n) is 7.20. The second-order valence-electron chi connectivity index (χ2n) is 2.75. The highest BCUT2D eigenvalue weighted by atomic mass is 32.2. The lowest BCUT2D eigenvalue weighted by Crippen LogP contribution is -2.03. The van der Waals surface area contributed by atoms with Gasteiger partial charge in [-0.1, -0.05) is 18.2 Å². The molecule has 0 bridgehead atoms. The third-order valence-electron chi connectivity index (χ3n) is 1.93. The highest BCUT2D eigenvalue weighted by Gasteiger charge is 1.99. The van der Waals surface area contributed by atoms with Gasteiger partial charge in [0.05, 0.1) is 0 Å². The number of aromatic nitrogens is 1. The van der Waals surface area contributed by atoms with Crippen molar-refractivity contribution in [3.05, 3.63) is 40.7 Å². The minimum atomic E-state index is -0.0388. The van der Waals surface area contributed by atoms with Crippen LogP contribution >= 0.6 is 11.8 Å². The third kappa shape index (κ3) is 1.47. The fourth-order valence-corrected chi connectivity index (χ4v) is 1.96. The summed E-state index contributed by atoms with van der Waals surface area (Å²) in [5, 5.41) is 1.11. The lowest BCUT2D eigenvalue weighted by molar-refractivity contribution is 1.26. The van der Waals surface area contributed by atoms with Gasteiger partial charge in [-0.3, -0.25) is 4.79 Å². The van der Waals surface area contributed by atoms with Gasteiger partial charge in [0, 0.05) is 21.9 Å². The van der Waals surface area contributed by atoms with E-state index in [1.165, 1.54) is 0 Å². The molecule has 0 spiro atoms. The Hall–Kier alpha value is -1.22. The molecule has 0 fully saturated rings. The van der Waals surface area contributed by atoms with Crippen LogP contribution in [0.3, 0.4) is 0 Å². The zero-order chi connectivity index (χ0) is 9.26. The van der Waals surface area contributed by atoms with E-state index in [4.69, 9.17) is 0 Å². The molecule has 0 amide bonds. The van der Waals surface area contributed by atoms with Crippen molar-refractivity contribution in [1.29, 1.82) is 0 Å². The molecule has 1 heterocycles. The third-order valence-corrected chi connectivity index (χ3v) is 2.71. The van der Waals surface area contributed by atoms with Crippen molar-refractivity contribution in [3.63, 3.8) is 0 Å². The maximum Gasteiger partial charge on any atom is 0.249 e. The SMILES string of the molecule is CSc1cc(=O)[nH]c2ccccc12. The maximum atomic E-state index is 11.2. The van der Waals surface area contributed by atoms with Gasteiger partial charge >= 0.3 is 0 Å². The Balaban J connectivity index is 2.89. The minimum Gasteiger partial charge on any atom is -0.322 e. The molecular formula is C10H9NOS. The highest BCUT2D eigenvalue weighted by Crippen LogP contribution is 2.22. The summed E-state index contributed by atoms with van der Waals surface area (Å²) in [5.74, 6) is 0. The molecule has 0 atom stereocenters. The van der Waals surface area contributed by atoms with E-state index in [0.717, 1.165) is 15.8 Å². The van der Waals surface area contributed by atoms with Crippen molar-refractivity contribution in [1.82, 2.24) is 4.98 Å². The number of aromatic amines is 1. The van der Waals surface area contributed by atoms with E-state index < -0.39 is 0 Å². The Morgan fingerprint density at radius 3 is 2.85 bits per heavy atom. The fraction of sp³-hybridized carbons (Fsp3) is 0.100. The predicted octanol–water partition coefficient (Wildman–Crippen LogP) is 2.25. The quantitative estimate of drug-likeness (QED) is 0.701. The van der Waals surface area contributed by atoms with E-state index in [-0.39, 0.29) is 5.56 Å². The smallest absolute Gasteiger partial charge is 0.249 e. The van der Waals surface area contributed by atoms with Gasteiger partial charge in [0.1, 0.15) is 0 Å². The number of benzene rings is 1. The van der Waals surface area contributed by atoms with Gasteiger partial charge in [0.15, 0.2) is 0 Å². The van der Waals surface area contributed by atoms with Crippen LogP contribution in [-0.4, -0.2) is 11.2 Å². The van der Waals surface area contributed by atoms with Crippen molar-refractivity contribution in [2.24, 2.45) is 0 Å². The number of nitrogens with one attached hydrogen (secondary N) is 1. The van der Waals surface area contributed by atoms with Crippen LogP contribution in [0, 0.1) is 0 Å². The molecular weight excluding hydrogens is 182 g/mol. The average Bonchev–Trinajstić information content (AvgIpc) is 2.16. The summed E-state index contributed by atoms with van der Waals surface area (Å²) < 4.78 is 0.